The molecule has 1 fully saturated rings. The van der Waals surface area contributed by atoms with Crippen molar-refractivity contribution >= 4 is 11.7 Å². The van der Waals surface area contributed by atoms with Crippen LogP contribution in [0.4, 0.5) is 5.69 Å². The summed E-state index contributed by atoms with van der Waals surface area (Å²) in [6, 6.07) is 15.0. The number of nitrogens with zero attached hydrogens (tertiary/aromatic N) is 2. The maximum atomic E-state index is 11.6. The number of phenols is 1. The number of aromatic hydroxyl groups is 1. The van der Waals surface area contributed by atoms with Crippen molar-refractivity contribution in [2.45, 2.75) is 6.54 Å². The van der Waals surface area contributed by atoms with Crippen molar-refractivity contribution < 1.29 is 14.6 Å². The highest BCUT2D eigenvalue weighted by atomic mass is 16.5. The Bertz CT molecular complexity index is 692. The van der Waals surface area contributed by atoms with Gasteiger partial charge in [-0.25, -0.2) is 4.79 Å². The summed E-state index contributed by atoms with van der Waals surface area (Å²) in [5.74, 6) is -0.00290. The molecule has 5 nitrogen and oxygen atoms in total. The molecule has 0 amide bonds. The number of anilines is 1. The number of benzene rings is 2. The fourth-order valence-corrected chi connectivity index (χ4v) is 3.00. The number of phenolic OH excluding ortho intramolecular Hbond substituents is 1. The third-order valence-electron chi connectivity index (χ3n) is 4.34. The van der Waals surface area contributed by atoms with E-state index >= 15 is 0 Å². The molecule has 2 aromatic carbocycles. The molecular weight excluding hydrogens is 304 g/mol. The number of hydrogen-bond donors (Lipinski definition) is 1. The molecule has 1 aliphatic heterocycles. The number of methoxy groups -OCH3 is 1. The summed E-state index contributed by atoms with van der Waals surface area (Å²) in [5, 5.41) is 9.38. The van der Waals surface area contributed by atoms with E-state index in [1.807, 2.05) is 30.3 Å². The van der Waals surface area contributed by atoms with Crippen molar-refractivity contribution in [3.05, 3.63) is 59.7 Å². The Labute approximate surface area is 142 Å². The van der Waals surface area contributed by atoms with Gasteiger partial charge in [0.2, 0.25) is 0 Å². The molecule has 2 aromatic rings. The highest BCUT2D eigenvalue weighted by Gasteiger charge is 2.17. The van der Waals surface area contributed by atoms with Gasteiger partial charge < -0.3 is 14.7 Å². The van der Waals surface area contributed by atoms with Crippen LogP contribution in [0, 0.1) is 0 Å². The molecular formula is C19H22N2O3. The van der Waals surface area contributed by atoms with Crippen LogP contribution in [-0.2, 0) is 11.3 Å². The first-order valence-electron chi connectivity index (χ1n) is 8.09. The third kappa shape index (κ3) is 3.86. The summed E-state index contributed by atoms with van der Waals surface area (Å²) in [6.07, 6.45) is 0. The normalized spacial score (nSPS) is 15.3. The molecule has 3 rings (SSSR count). The number of piperazine rings is 1. The number of carbonyl (C=O) groups is 1. The molecule has 0 atom stereocenters. The lowest BCUT2D eigenvalue weighted by Gasteiger charge is -2.36. The molecule has 0 aromatic heterocycles. The van der Waals surface area contributed by atoms with Gasteiger partial charge in [-0.15, -0.1) is 0 Å². The Kier molecular flexibility index (Phi) is 5.01. The van der Waals surface area contributed by atoms with Crippen LogP contribution in [0.15, 0.2) is 48.5 Å². The fourth-order valence-electron chi connectivity index (χ4n) is 3.00. The second-order valence-corrected chi connectivity index (χ2v) is 5.97. The monoisotopic (exact) mass is 326 g/mol. The van der Waals surface area contributed by atoms with Gasteiger partial charge in [-0.05, 0) is 42.0 Å². The quantitative estimate of drug-likeness (QED) is 0.875. The summed E-state index contributed by atoms with van der Waals surface area (Å²) in [6.45, 7) is 4.64. The Morgan fingerprint density at radius 1 is 1.08 bits per heavy atom. The van der Waals surface area contributed by atoms with Gasteiger partial charge in [-0.1, -0.05) is 12.1 Å². The summed E-state index contributed by atoms with van der Waals surface area (Å²) < 4.78 is 4.78. The van der Waals surface area contributed by atoms with Crippen molar-refractivity contribution in [1.29, 1.82) is 0 Å². The number of carbonyl (C=O) groups excluding carboxylic acids is 1. The topological polar surface area (TPSA) is 53.0 Å². The van der Waals surface area contributed by atoms with Gasteiger partial charge in [0.15, 0.2) is 0 Å². The predicted molar refractivity (Wildman–Crippen MR) is 93.4 cm³/mol. The average molecular weight is 326 g/mol. The standard InChI is InChI=1S/C19H22N2O3/c1-24-19(23)16-4-2-3-15(13-16)14-20-9-11-21(12-10-20)17-5-7-18(22)8-6-17/h2-8,13,22H,9-12,14H2,1H3. The largest absolute Gasteiger partial charge is 0.508 e. The molecule has 0 saturated carbocycles. The van der Waals surface area contributed by atoms with Gasteiger partial charge in [0.1, 0.15) is 5.75 Å². The minimum absolute atomic E-state index is 0.294. The summed E-state index contributed by atoms with van der Waals surface area (Å²) >= 11 is 0. The number of ether oxygens (including phenoxy) is 1. The van der Waals surface area contributed by atoms with Crippen molar-refractivity contribution in [2.24, 2.45) is 0 Å². The molecule has 126 valence electrons. The molecule has 24 heavy (non-hydrogen) atoms. The number of hydrogen-bond acceptors (Lipinski definition) is 5. The zero-order valence-electron chi connectivity index (χ0n) is 13.8. The molecule has 1 saturated heterocycles. The molecule has 5 heteroatoms. The highest BCUT2D eigenvalue weighted by molar-refractivity contribution is 5.89. The second kappa shape index (κ2) is 7.36. The first-order valence-corrected chi connectivity index (χ1v) is 8.09. The molecule has 0 radical (unpaired) electrons. The minimum Gasteiger partial charge on any atom is -0.508 e. The summed E-state index contributed by atoms with van der Waals surface area (Å²) in [5.41, 5.74) is 2.86. The molecule has 0 aliphatic carbocycles. The number of esters is 1. The Balaban J connectivity index is 1.57. The zero-order valence-corrected chi connectivity index (χ0v) is 13.8. The molecule has 0 bridgehead atoms. The first-order chi connectivity index (χ1) is 11.7. The van der Waals surface area contributed by atoms with Crippen LogP contribution in [0.5, 0.6) is 5.75 Å². The molecule has 0 unspecified atom stereocenters. The Morgan fingerprint density at radius 3 is 2.46 bits per heavy atom. The molecule has 0 spiro atoms. The van der Waals surface area contributed by atoms with E-state index in [1.165, 1.54) is 7.11 Å². The van der Waals surface area contributed by atoms with E-state index in [0.29, 0.717) is 11.3 Å². The number of rotatable bonds is 4. The van der Waals surface area contributed by atoms with Crippen molar-refractivity contribution in [2.75, 3.05) is 38.2 Å². The van der Waals surface area contributed by atoms with Gasteiger partial charge in [0.05, 0.1) is 12.7 Å². The van der Waals surface area contributed by atoms with E-state index < -0.39 is 0 Å². The lowest BCUT2D eigenvalue weighted by Crippen LogP contribution is -2.45. The summed E-state index contributed by atoms with van der Waals surface area (Å²) in [4.78, 5) is 16.3. The van der Waals surface area contributed by atoms with E-state index in [2.05, 4.69) is 9.80 Å². The van der Waals surface area contributed by atoms with Crippen LogP contribution >= 0.6 is 0 Å². The predicted octanol–water partition coefficient (Wildman–Crippen LogP) is 2.50. The molecule has 1 heterocycles. The fraction of sp³-hybridized carbons (Fsp3) is 0.316. The Hall–Kier alpha value is -2.53. The van der Waals surface area contributed by atoms with E-state index in [-0.39, 0.29) is 5.97 Å². The van der Waals surface area contributed by atoms with Crippen molar-refractivity contribution in [3.8, 4) is 5.75 Å². The van der Waals surface area contributed by atoms with E-state index in [1.54, 1.807) is 18.2 Å². The van der Waals surface area contributed by atoms with E-state index in [4.69, 9.17) is 4.74 Å². The lowest BCUT2D eigenvalue weighted by molar-refractivity contribution is 0.0600. The summed E-state index contributed by atoms with van der Waals surface area (Å²) in [7, 11) is 1.40. The van der Waals surface area contributed by atoms with Gasteiger partial charge >= 0.3 is 5.97 Å². The van der Waals surface area contributed by atoms with Crippen molar-refractivity contribution in [3.63, 3.8) is 0 Å². The minimum atomic E-state index is -0.297. The van der Waals surface area contributed by atoms with Crippen LogP contribution in [0.3, 0.4) is 0 Å². The first kappa shape index (κ1) is 16.3. The molecule has 1 aliphatic rings. The van der Waals surface area contributed by atoms with Gasteiger partial charge in [-0.3, -0.25) is 4.90 Å². The maximum Gasteiger partial charge on any atom is 0.337 e. The van der Waals surface area contributed by atoms with Crippen LogP contribution in [0.1, 0.15) is 15.9 Å². The van der Waals surface area contributed by atoms with E-state index in [9.17, 15) is 9.90 Å². The van der Waals surface area contributed by atoms with Crippen LogP contribution in [0.25, 0.3) is 0 Å². The van der Waals surface area contributed by atoms with Crippen molar-refractivity contribution in [1.82, 2.24) is 4.90 Å². The SMILES string of the molecule is COC(=O)c1cccc(CN2CCN(c3ccc(O)cc3)CC2)c1. The highest BCUT2D eigenvalue weighted by Crippen LogP contribution is 2.20. The average Bonchev–Trinajstić information content (AvgIpc) is 2.63. The smallest absolute Gasteiger partial charge is 0.337 e. The molecule has 1 N–H and O–H groups in total. The van der Waals surface area contributed by atoms with Gasteiger partial charge in [0.25, 0.3) is 0 Å². The Morgan fingerprint density at radius 2 is 1.79 bits per heavy atom. The van der Waals surface area contributed by atoms with Crippen LogP contribution < -0.4 is 4.90 Å². The maximum absolute atomic E-state index is 11.6. The zero-order chi connectivity index (χ0) is 16.9. The van der Waals surface area contributed by atoms with Gasteiger partial charge in [0, 0.05) is 38.4 Å². The third-order valence-corrected chi connectivity index (χ3v) is 4.34. The van der Waals surface area contributed by atoms with Crippen LogP contribution in [-0.4, -0.2) is 49.3 Å². The van der Waals surface area contributed by atoms with E-state index in [0.717, 1.165) is 44.0 Å². The lowest BCUT2D eigenvalue weighted by atomic mass is 10.1. The van der Waals surface area contributed by atoms with Gasteiger partial charge in [-0.2, -0.15) is 0 Å². The van der Waals surface area contributed by atoms with Crippen LogP contribution in [0.2, 0.25) is 0 Å². The second-order valence-electron chi connectivity index (χ2n) is 5.97.